The number of piperidine rings is 1. The smallest absolute Gasteiger partial charge is 0.243 e. The number of sulfonamides is 1. The Kier molecular flexibility index (Phi) is 8.27. The van der Waals surface area contributed by atoms with Gasteiger partial charge >= 0.3 is 0 Å². The third kappa shape index (κ3) is 5.05. The molecule has 8 heteroatoms. The Balaban J connectivity index is 0.00000264. The van der Waals surface area contributed by atoms with E-state index in [0.29, 0.717) is 30.5 Å². The largest absolute Gasteiger partial charge is 0.359 e. The van der Waals surface area contributed by atoms with E-state index in [4.69, 9.17) is 0 Å². The van der Waals surface area contributed by atoms with E-state index in [1.807, 2.05) is 12.1 Å². The molecule has 0 amide bonds. The summed E-state index contributed by atoms with van der Waals surface area (Å²) in [5, 5.41) is 6.03. The molecule has 1 saturated heterocycles. The van der Waals surface area contributed by atoms with Crippen LogP contribution in [0.3, 0.4) is 0 Å². The van der Waals surface area contributed by atoms with Gasteiger partial charge in [-0.25, -0.2) is 8.42 Å². The van der Waals surface area contributed by atoms with Gasteiger partial charge in [0.25, 0.3) is 0 Å². The van der Waals surface area contributed by atoms with Crippen LogP contribution in [0.1, 0.15) is 24.8 Å². The zero-order valence-corrected chi connectivity index (χ0v) is 16.7. The lowest BCUT2D eigenvalue weighted by Crippen LogP contribution is -2.37. The summed E-state index contributed by atoms with van der Waals surface area (Å²) in [6.45, 7) is 1.64. The van der Waals surface area contributed by atoms with Crippen LogP contribution in [0, 0.1) is 0 Å². The molecule has 1 aliphatic rings. The van der Waals surface area contributed by atoms with Crippen LogP contribution in [0.15, 0.2) is 34.2 Å². The Morgan fingerprint density at radius 2 is 1.87 bits per heavy atom. The molecule has 0 atom stereocenters. The topological polar surface area (TPSA) is 73.8 Å². The average Bonchev–Trinajstić information content (AvgIpc) is 2.57. The number of aliphatic imine (C=N–C) groups is 1. The number of halogens is 1. The first kappa shape index (κ1) is 20.2. The number of guanidine groups is 1. The number of hydrogen-bond donors (Lipinski definition) is 2. The van der Waals surface area contributed by atoms with Gasteiger partial charge in [-0.05, 0) is 24.5 Å². The van der Waals surface area contributed by atoms with Crippen molar-refractivity contribution < 1.29 is 8.42 Å². The number of nitrogens with zero attached hydrogens (tertiary/aromatic N) is 2. The van der Waals surface area contributed by atoms with Gasteiger partial charge in [-0.1, -0.05) is 24.6 Å². The van der Waals surface area contributed by atoms with E-state index in [0.717, 1.165) is 24.8 Å². The van der Waals surface area contributed by atoms with Gasteiger partial charge in [-0.3, -0.25) is 4.99 Å². The molecule has 0 aliphatic carbocycles. The van der Waals surface area contributed by atoms with E-state index in [2.05, 4.69) is 15.6 Å². The first-order chi connectivity index (χ1) is 10.6. The normalized spacial score (nSPS) is 16.5. The van der Waals surface area contributed by atoms with Gasteiger partial charge in [0.2, 0.25) is 10.0 Å². The highest BCUT2D eigenvalue weighted by Gasteiger charge is 2.27. The molecular formula is C15H25IN4O2S. The van der Waals surface area contributed by atoms with Gasteiger partial charge in [0.1, 0.15) is 0 Å². The molecule has 23 heavy (non-hydrogen) atoms. The summed E-state index contributed by atoms with van der Waals surface area (Å²) < 4.78 is 27.3. The maximum absolute atomic E-state index is 12.8. The Labute approximate surface area is 155 Å². The molecule has 0 bridgehead atoms. The van der Waals surface area contributed by atoms with Crippen LogP contribution in [-0.4, -0.2) is 45.9 Å². The molecule has 1 aliphatic heterocycles. The summed E-state index contributed by atoms with van der Waals surface area (Å²) in [4.78, 5) is 4.42. The highest BCUT2D eigenvalue weighted by molar-refractivity contribution is 14.0. The quantitative estimate of drug-likeness (QED) is 0.415. The van der Waals surface area contributed by atoms with E-state index < -0.39 is 10.0 Å². The van der Waals surface area contributed by atoms with Gasteiger partial charge < -0.3 is 10.6 Å². The van der Waals surface area contributed by atoms with Crippen LogP contribution in [0.5, 0.6) is 0 Å². The van der Waals surface area contributed by atoms with Crippen molar-refractivity contribution in [1.29, 1.82) is 0 Å². The van der Waals surface area contributed by atoms with E-state index in [1.54, 1.807) is 30.5 Å². The molecule has 0 unspecified atom stereocenters. The predicted molar refractivity (Wildman–Crippen MR) is 104 cm³/mol. The Morgan fingerprint density at radius 3 is 2.48 bits per heavy atom. The number of rotatable bonds is 4. The van der Waals surface area contributed by atoms with Gasteiger partial charge in [0.05, 0.1) is 4.90 Å². The van der Waals surface area contributed by atoms with Crippen LogP contribution >= 0.6 is 24.0 Å². The lowest BCUT2D eigenvalue weighted by molar-refractivity contribution is 0.346. The van der Waals surface area contributed by atoms with Gasteiger partial charge in [0, 0.05) is 33.7 Å². The zero-order chi connectivity index (χ0) is 16.0. The highest BCUT2D eigenvalue weighted by atomic mass is 127. The minimum atomic E-state index is -3.42. The average molecular weight is 452 g/mol. The Bertz CT molecular complexity index is 628. The zero-order valence-electron chi connectivity index (χ0n) is 13.6. The summed E-state index contributed by atoms with van der Waals surface area (Å²) >= 11 is 0. The third-order valence-electron chi connectivity index (χ3n) is 3.81. The van der Waals surface area contributed by atoms with Gasteiger partial charge in [-0.2, -0.15) is 4.31 Å². The third-order valence-corrected chi connectivity index (χ3v) is 5.81. The minimum absolute atomic E-state index is 0. The first-order valence-corrected chi connectivity index (χ1v) is 9.00. The van der Waals surface area contributed by atoms with Crippen LogP contribution < -0.4 is 10.6 Å². The standard InChI is InChI=1S/C15H24N4O2S.HI/c1-16-15(17-2)18-12-13-8-4-5-9-14(13)22(20,21)19-10-6-3-7-11-19;/h4-5,8-9H,3,6-7,10-12H2,1-2H3,(H2,16,17,18);1H. The fourth-order valence-corrected chi connectivity index (χ4v) is 4.34. The maximum Gasteiger partial charge on any atom is 0.243 e. The lowest BCUT2D eigenvalue weighted by atomic mass is 10.2. The van der Waals surface area contributed by atoms with E-state index in [1.165, 1.54) is 0 Å². The molecule has 130 valence electrons. The van der Waals surface area contributed by atoms with Crippen molar-refractivity contribution in [3.8, 4) is 0 Å². The van der Waals surface area contributed by atoms with Crippen LogP contribution in [0.25, 0.3) is 0 Å². The molecular weight excluding hydrogens is 427 g/mol. The molecule has 1 aromatic rings. The summed E-state index contributed by atoms with van der Waals surface area (Å²) in [5.41, 5.74) is 0.754. The fraction of sp³-hybridized carbons (Fsp3) is 0.533. The first-order valence-electron chi connectivity index (χ1n) is 7.56. The van der Waals surface area contributed by atoms with Crippen molar-refractivity contribution in [2.75, 3.05) is 27.2 Å². The highest BCUT2D eigenvalue weighted by Crippen LogP contribution is 2.23. The van der Waals surface area contributed by atoms with Crippen molar-refractivity contribution in [3.63, 3.8) is 0 Å². The fourth-order valence-electron chi connectivity index (χ4n) is 2.60. The van der Waals surface area contributed by atoms with Gasteiger partial charge in [-0.15, -0.1) is 24.0 Å². The Morgan fingerprint density at radius 1 is 1.22 bits per heavy atom. The van der Waals surface area contributed by atoms with Gasteiger partial charge in [0.15, 0.2) is 5.96 Å². The molecule has 6 nitrogen and oxygen atoms in total. The van der Waals surface area contributed by atoms with E-state index >= 15 is 0 Å². The van der Waals surface area contributed by atoms with Crippen LogP contribution in [0.4, 0.5) is 0 Å². The minimum Gasteiger partial charge on any atom is -0.359 e. The van der Waals surface area contributed by atoms with Crippen molar-refractivity contribution >= 4 is 40.0 Å². The van der Waals surface area contributed by atoms with Crippen molar-refractivity contribution in [1.82, 2.24) is 14.9 Å². The summed E-state index contributed by atoms with van der Waals surface area (Å²) in [6, 6.07) is 7.15. The van der Waals surface area contributed by atoms with Crippen LogP contribution in [0.2, 0.25) is 0 Å². The van der Waals surface area contributed by atoms with Crippen molar-refractivity contribution in [2.45, 2.75) is 30.7 Å². The SMILES string of the molecule is CN=C(NC)NCc1ccccc1S(=O)(=O)N1CCCCC1.I. The van der Waals surface area contributed by atoms with Crippen LogP contribution in [-0.2, 0) is 16.6 Å². The molecule has 1 fully saturated rings. The second-order valence-electron chi connectivity index (χ2n) is 5.25. The van der Waals surface area contributed by atoms with Crippen molar-refractivity contribution in [3.05, 3.63) is 29.8 Å². The molecule has 0 spiro atoms. The second kappa shape index (κ2) is 9.43. The molecule has 1 aromatic carbocycles. The molecule has 0 saturated carbocycles. The summed E-state index contributed by atoms with van der Waals surface area (Å²) in [6.07, 6.45) is 2.98. The van der Waals surface area contributed by atoms with E-state index in [9.17, 15) is 8.42 Å². The number of benzene rings is 1. The second-order valence-corrected chi connectivity index (χ2v) is 7.15. The summed E-state index contributed by atoms with van der Waals surface area (Å²) in [5.74, 6) is 0.630. The van der Waals surface area contributed by atoms with E-state index in [-0.39, 0.29) is 24.0 Å². The lowest BCUT2D eigenvalue weighted by Gasteiger charge is -2.27. The molecule has 1 heterocycles. The summed E-state index contributed by atoms with van der Waals surface area (Å²) in [7, 11) is 0.0244. The number of hydrogen-bond acceptors (Lipinski definition) is 3. The number of nitrogens with one attached hydrogen (secondary N) is 2. The monoisotopic (exact) mass is 452 g/mol. The van der Waals surface area contributed by atoms with Crippen molar-refractivity contribution in [2.24, 2.45) is 4.99 Å². The predicted octanol–water partition coefficient (Wildman–Crippen LogP) is 1.77. The molecule has 0 aromatic heterocycles. The molecule has 2 N–H and O–H groups in total. The molecule has 2 rings (SSSR count). The molecule has 0 radical (unpaired) electrons. The Hall–Kier alpha value is -0.870. The maximum atomic E-state index is 12.8.